The summed E-state index contributed by atoms with van der Waals surface area (Å²) in [6.45, 7) is 2.20. The summed E-state index contributed by atoms with van der Waals surface area (Å²) in [6, 6.07) is 0. The first-order valence-corrected chi connectivity index (χ1v) is 5.36. The average Bonchev–Trinajstić information content (AvgIpc) is 2.21. The van der Waals surface area contributed by atoms with Crippen molar-refractivity contribution in [1.82, 2.24) is 0 Å². The Morgan fingerprint density at radius 3 is 2.36 bits per heavy atom. The second-order valence-corrected chi connectivity index (χ2v) is 3.40. The van der Waals surface area contributed by atoms with Crippen molar-refractivity contribution in [2.75, 3.05) is 7.11 Å². The molecular weight excluding hydrogens is 182 g/mol. The fourth-order valence-electron chi connectivity index (χ4n) is 1.35. The predicted molar refractivity (Wildman–Crippen MR) is 55.7 cm³/mol. The number of hydrogen-bond acceptors (Lipinski definition) is 4. The molecule has 0 N–H and O–H groups in total. The standard InChI is InChI=1S/C10H21NO3/c1-3-4-5-6-7-8-9-10(13-2)14-11-12/h10H,3-9H2,1-2H3. The molecule has 4 heteroatoms. The van der Waals surface area contributed by atoms with Crippen LogP contribution in [0.15, 0.2) is 5.34 Å². The fraction of sp³-hybridized carbons (Fsp3) is 1.00. The Kier molecular flexibility index (Phi) is 9.96. The molecule has 0 bridgehead atoms. The van der Waals surface area contributed by atoms with Gasteiger partial charge in [0.1, 0.15) is 0 Å². The molecule has 4 nitrogen and oxygen atoms in total. The van der Waals surface area contributed by atoms with Gasteiger partial charge in [-0.05, 0) is 6.42 Å². The largest absolute Gasteiger partial charge is 0.344 e. The maximum absolute atomic E-state index is 9.80. The minimum atomic E-state index is -0.460. The lowest BCUT2D eigenvalue weighted by molar-refractivity contribution is -0.129. The van der Waals surface area contributed by atoms with Gasteiger partial charge >= 0.3 is 0 Å². The number of methoxy groups -OCH3 is 1. The molecule has 0 aromatic carbocycles. The summed E-state index contributed by atoms with van der Waals surface area (Å²) in [5, 5.41) is 2.36. The number of nitrogens with zero attached hydrogens (tertiary/aromatic N) is 1. The van der Waals surface area contributed by atoms with Crippen molar-refractivity contribution >= 4 is 0 Å². The zero-order valence-electron chi connectivity index (χ0n) is 9.20. The van der Waals surface area contributed by atoms with E-state index in [0.717, 1.165) is 12.8 Å². The molecule has 0 saturated carbocycles. The van der Waals surface area contributed by atoms with E-state index in [-0.39, 0.29) is 0 Å². The van der Waals surface area contributed by atoms with Gasteiger partial charge in [0.25, 0.3) is 0 Å². The molecule has 84 valence electrons. The van der Waals surface area contributed by atoms with Crippen LogP contribution >= 0.6 is 0 Å². The lowest BCUT2D eigenvalue weighted by Gasteiger charge is -2.10. The van der Waals surface area contributed by atoms with Gasteiger partial charge in [-0.15, -0.1) is 4.91 Å². The van der Waals surface area contributed by atoms with Crippen LogP contribution in [0.25, 0.3) is 0 Å². The van der Waals surface area contributed by atoms with Gasteiger partial charge in [-0.3, -0.25) is 0 Å². The first-order valence-electron chi connectivity index (χ1n) is 5.36. The van der Waals surface area contributed by atoms with Gasteiger partial charge in [-0.1, -0.05) is 39.0 Å². The number of rotatable bonds is 10. The molecule has 0 aromatic rings. The molecule has 0 amide bonds. The van der Waals surface area contributed by atoms with E-state index in [4.69, 9.17) is 4.74 Å². The molecule has 0 aliphatic heterocycles. The zero-order valence-corrected chi connectivity index (χ0v) is 9.20. The Balaban J connectivity index is 3.19. The summed E-state index contributed by atoms with van der Waals surface area (Å²) in [6.07, 6.45) is 7.59. The van der Waals surface area contributed by atoms with Gasteiger partial charge < -0.3 is 9.57 Å². The molecule has 1 atom stereocenters. The highest BCUT2D eigenvalue weighted by atomic mass is 16.8. The molecule has 0 radical (unpaired) electrons. The molecule has 0 aliphatic carbocycles. The lowest BCUT2D eigenvalue weighted by atomic mass is 10.1. The first kappa shape index (κ1) is 13.4. The van der Waals surface area contributed by atoms with Gasteiger partial charge in [-0.25, -0.2) is 0 Å². The molecular formula is C10H21NO3. The van der Waals surface area contributed by atoms with E-state index in [2.05, 4.69) is 17.1 Å². The van der Waals surface area contributed by atoms with Crippen LogP contribution in [0.3, 0.4) is 0 Å². The molecule has 0 saturated heterocycles. The van der Waals surface area contributed by atoms with Crippen LogP contribution in [0, 0.1) is 4.91 Å². The Hall–Kier alpha value is -0.640. The van der Waals surface area contributed by atoms with Crippen molar-refractivity contribution < 1.29 is 9.57 Å². The third-order valence-electron chi connectivity index (χ3n) is 2.22. The maximum atomic E-state index is 9.80. The van der Waals surface area contributed by atoms with E-state index in [0.29, 0.717) is 0 Å². The molecule has 1 unspecified atom stereocenters. The van der Waals surface area contributed by atoms with Crippen LogP contribution in [0.4, 0.5) is 0 Å². The zero-order chi connectivity index (χ0) is 10.6. The van der Waals surface area contributed by atoms with Crippen molar-refractivity contribution in [2.45, 2.75) is 58.2 Å². The van der Waals surface area contributed by atoms with Crippen molar-refractivity contribution in [1.29, 1.82) is 0 Å². The highest BCUT2D eigenvalue weighted by Crippen LogP contribution is 2.10. The van der Waals surface area contributed by atoms with E-state index in [1.807, 2.05) is 0 Å². The average molecular weight is 203 g/mol. The SMILES string of the molecule is CCCCCCCCC(OC)ON=O. The molecule has 0 fully saturated rings. The van der Waals surface area contributed by atoms with Crippen LogP contribution in [-0.4, -0.2) is 13.4 Å². The highest BCUT2D eigenvalue weighted by Gasteiger charge is 2.07. The van der Waals surface area contributed by atoms with Crippen molar-refractivity contribution in [3.63, 3.8) is 0 Å². The first-order chi connectivity index (χ1) is 6.85. The van der Waals surface area contributed by atoms with E-state index < -0.39 is 6.29 Å². The predicted octanol–water partition coefficient (Wildman–Crippen LogP) is 3.41. The summed E-state index contributed by atoms with van der Waals surface area (Å²) >= 11 is 0. The second-order valence-electron chi connectivity index (χ2n) is 3.40. The van der Waals surface area contributed by atoms with E-state index in [1.165, 1.54) is 39.2 Å². The second kappa shape index (κ2) is 10.4. The van der Waals surface area contributed by atoms with E-state index in [1.54, 1.807) is 0 Å². The number of ether oxygens (including phenoxy) is 1. The van der Waals surface area contributed by atoms with E-state index >= 15 is 0 Å². The minimum Gasteiger partial charge on any atom is -0.344 e. The van der Waals surface area contributed by atoms with E-state index in [9.17, 15) is 4.91 Å². The van der Waals surface area contributed by atoms with Gasteiger partial charge in [-0.2, -0.15) is 0 Å². The Morgan fingerprint density at radius 1 is 1.14 bits per heavy atom. The Bertz CT molecular complexity index is 131. The summed E-state index contributed by atoms with van der Waals surface area (Å²) in [5.74, 6) is 0. The number of unbranched alkanes of at least 4 members (excludes halogenated alkanes) is 5. The van der Waals surface area contributed by atoms with Gasteiger partial charge in [0.15, 0.2) is 5.34 Å². The summed E-state index contributed by atoms with van der Waals surface area (Å²) in [5.41, 5.74) is 0. The fourth-order valence-corrected chi connectivity index (χ4v) is 1.35. The highest BCUT2D eigenvalue weighted by molar-refractivity contribution is 4.47. The Labute approximate surface area is 85.9 Å². The molecule has 0 aliphatic rings. The van der Waals surface area contributed by atoms with Crippen LogP contribution < -0.4 is 0 Å². The molecule has 0 aromatic heterocycles. The minimum absolute atomic E-state index is 0.460. The van der Waals surface area contributed by atoms with Crippen LogP contribution in [-0.2, 0) is 9.57 Å². The Morgan fingerprint density at radius 2 is 1.79 bits per heavy atom. The van der Waals surface area contributed by atoms with Crippen LogP contribution in [0.5, 0.6) is 0 Å². The smallest absolute Gasteiger partial charge is 0.229 e. The van der Waals surface area contributed by atoms with Crippen molar-refractivity contribution in [2.24, 2.45) is 5.34 Å². The summed E-state index contributed by atoms with van der Waals surface area (Å²) in [7, 11) is 1.52. The summed E-state index contributed by atoms with van der Waals surface area (Å²) in [4.78, 5) is 14.3. The summed E-state index contributed by atoms with van der Waals surface area (Å²) < 4.78 is 4.90. The normalized spacial score (nSPS) is 12.4. The monoisotopic (exact) mass is 203 g/mol. The van der Waals surface area contributed by atoms with Gasteiger partial charge in [0.2, 0.25) is 6.29 Å². The lowest BCUT2D eigenvalue weighted by Crippen LogP contribution is -2.11. The molecule has 0 spiro atoms. The maximum Gasteiger partial charge on any atom is 0.229 e. The third kappa shape index (κ3) is 7.98. The topological polar surface area (TPSA) is 47.9 Å². The third-order valence-corrected chi connectivity index (χ3v) is 2.22. The van der Waals surface area contributed by atoms with Crippen molar-refractivity contribution in [3.8, 4) is 0 Å². The van der Waals surface area contributed by atoms with Gasteiger partial charge in [0, 0.05) is 13.5 Å². The molecule has 0 rings (SSSR count). The molecule has 0 heterocycles. The molecule has 14 heavy (non-hydrogen) atoms. The quantitative estimate of drug-likeness (QED) is 0.236. The van der Waals surface area contributed by atoms with Crippen molar-refractivity contribution in [3.05, 3.63) is 4.91 Å². The number of hydrogen-bond donors (Lipinski definition) is 0. The van der Waals surface area contributed by atoms with Crippen LogP contribution in [0.1, 0.15) is 51.9 Å². The van der Waals surface area contributed by atoms with Crippen LogP contribution in [0.2, 0.25) is 0 Å². The van der Waals surface area contributed by atoms with Gasteiger partial charge in [0.05, 0.1) is 0 Å².